The van der Waals surface area contributed by atoms with E-state index in [9.17, 15) is 0 Å². The van der Waals surface area contributed by atoms with Crippen molar-refractivity contribution >= 4 is 21.7 Å². The first-order valence-electron chi connectivity index (χ1n) is 10.4. The lowest BCUT2D eigenvalue weighted by atomic mass is 10.0. The molecule has 0 unspecified atom stereocenters. The van der Waals surface area contributed by atoms with Crippen molar-refractivity contribution in [2.24, 2.45) is 0 Å². The van der Waals surface area contributed by atoms with Gasteiger partial charge in [-0.2, -0.15) is 4.98 Å². The summed E-state index contributed by atoms with van der Waals surface area (Å²) >= 11 is 1.52. The fourth-order valence-corrected chi connectivity index (χ4v) is 5.19. The number of hydrogen-bond donors (Lipinski definition) is 0. The molecule has 0 aliphatic carbocycles. The largest absolute Gasteiger partial charge is 0.431 e. The first-order valence-corrected chi connectivity index (χ1v) is 11.2. The molecule has 0 bridgehead atoms. The Labute approximate surface area is 175 Å². The molecule has 2 fully saturated rings. The Morgan fingerprint density at radius 2 is 1.93 bits per heavy atom. The van der Waals surface area contributed by atoms with Crippen LogP contribution >= 0.6 is 11.3 Å². The maximum atomic E-state index is 5.93. The highest BCUT2D eigenvalue weighted by Crippen LogP contribution is 2.31. The van der Waals surface area contributed by atoms with Crippen LogP contribution in [0.25, 0.3) is 10.3 Å². The Bertz CT molecular complexity index is 959. The molecule has 0 atom stereocenters. The van der Waals surface area contributed by atoms with Gasteiger partial charge in [-0.25, -0.2) is 4.98 Å². The van der Waals surface area contributed by atoms with Gasteiger partial charge < -0.3 is 9.64 Å². The van der Waals surface area contributed by atoms with Gasteiger partial charge in [-0.1, -0.05) is 30.0 Å². The van der Waals surface area contributed by atoms with Gasteiger partial charge in [0.2, 0.25) is 0 Å². The van der Waals surface area contributed by atoms with Gasteiger partial charge in [-0.3, -0.25) is 4.90 Å². The summed E-state index contributed by atoms with van der Waals surface area (Å²) in [5.74, 6) is 0.819. The zero-order valence-corrected chi connectivity index (χ0v) is 17.4. The summed E-state index contributed by atoms with van der Waals surface area (Å²) in [5.41, 5.74) is 3.42. The van der Waals surface area contributed by atoms with Crippen LogP contribution in [0.1, 0.15) is 31.2 Å². The molecule has 2 saturated heterocycles. The summed E-state index contributed by atoms with van der Waals surface area (Å²) in [7, 11) is 0. The second kappa shape index (κ2) is 8.13. The molecule has 5 rings (SSSR count). The molecular weight excluding hydrogens is 380 g/mol. The number of hydrogen-bond acceptors (Lipinski definition) is 6. The van der Waals surface area contributed by atoms with Gasteiger partial charge in [0.05, 0.1) is 4.70 Å². The van der Waals surface area contributed by atoms with Crippen LogP contribution < -0.4 is 4.74 Å². The van der Waals surface area contributed by atoms with Crippen LogP contribution in [0, 0.1) is 0 Å². The van der Waals surface area contributed by atoms with Crippen LogP contribution in [0.15, 0.2) is 54.9 Å². The van der Waals surface area contributed by atoms with E-state index in [0.29, 0.717) is 11.2 Å². The zero-order chi connectivity index (χ0) is 19.6. The summed E-state index contributed by atoms with van der Waals surface area (Å²) < 4.78 is 6.97. The van der Waals surface area contributed by atoms with Crippen molar-refractivity contribution in [1.29, 1.82) is 0 Å². The minimum absolute atomic E-state index is 0.636. The van der Waals surface area contributed by atoms with Gasteiger partial charge in [0, 0.05) is 44.1 Å². The highest BCUT2D eigenvalue weighted by Gasteiger charge is 2.27. The number of allylic oxidation sites excluding steroid dienone is 1. The Morgan fingerprint density at radius 1 is 1.10 bits per heavy atom. The molecule has 2 aliphatic heterocycles. The van der Waals surface area contributed by atoms with Crippen LogP contribution in [0.4, 0.5) is 0 Å². The van der Waals surface area contributed by atoms with Crippen molar-refractivity contribution < 1.29 is 4.74 Å². The van der Waals surface area contributed by atoms with Crippen LogP contribution in [-0.4, -0.2) is 45.4 Å². The Hall–Kier alpha value is -2.44. The Balaban J connectivity index is 1.15. The van der Waals surface area contributed by atoms with Gasteiger partial charge in [-0.15, -0.1) is 0 Å². The van der Waals surface area contributed by atoms with E-state index >= 15 is 0 Å². The standard InChI is InChI=1S/C23H26N4OS/c1-17-4-3-13-27(17)19-10-14-26(15-11-19)16-18-6-8-20(9-7-18)28-23-25-22-21(29-23)5-2-12-24-22/h2,5-9,12,19H,1,3-4,10-11,13-16H2. The second-order valence-electron chi connectivity index (χ2n) is 7.92. The molecule has 0 N–H and O–H groups in total. The topological polar surface area (TPSA) is 41.5 Å². The fourth-order valence-electron chi connectivity index (χ4n) is 4.40. The molecule has 2 aliphatic rings. The third kappa shape index (κ3) is 4.14. The van der Waals surface area contributed by atoms with Gasteiger partial charge in [0.15, 0.2) is 5.65 Å². The molecule has 2 aromatic heterocycles. The summed E-state index contributed by atoms with van der Waals surface area (Å²) in [6.45, 7) is 8.76. The maximum absolute atomic E-state index is 5.93. The van der Waals surface area contributed by atoms with E-state index in [4.69, 9.17) is 4.74 Å². The monoisotopic (exact) mass is 406 g/mol. The van der Waals surface area contributed by atoms with Crippen molar-refractivity contribution in [3.8, 4) is 10.9 Å². The lowest BCUT2D eigenvalue weighted by molar-refractivity contribution is 0.138. The van der Waals surface area contributed by atoms with E-state index in [-0.39, 0.29) is 0 Å². The molecule has 1 aromatic carbocycles. The molecule has 0 amide bonds. The van der Waals surface area contributed by atoms with Crippen molar-refractivity contribution in [2.45, 2.75) is 38.3 Å². The van der Waals surface area contributed by atoms with Crippen LogP contribution in [0.2, 0.25) is 0 Å². The molecule has 4 heterocycles. The molecule has 0 spiro atoms. The predicted molar refractivity (Wildman–Crippen MR) is 117 cm³/mol. The molecule has 150 valence electrons. The van der Waals surface area contributed by atoms with E-state index in [1.165, 1.54) is 54.8 Å². The van der Waals surface area contributed by atoms with Crippen LogP contribution in [-0.2, 0) is 6.54 Å². The average molecular weight is 407 g/mol. The van der Waals surface area contributed by atoms with Gasteiger partial charge in [0.1, 0.15) is 5.75 Å². The summed E-state index contributed by atoms with van der Waals surface area (Å²) in [5, 5.41) is 0.636. The predicted octanol–water partition coefficient (Wildman–Crippen LogP) is 5.06. The fraction of sp³-hybridized carbons (Fsp3) is 0.391. The summed E-state index contributed by atoms with van der Waals surface area (Å²) in [4.78, 5) is 13.8. The highest BCUT2D eigenvalue weighted by atomic mass is 32.1. The number of thiazole rings is 1. The van der Waals surface area contributed by atoms with E-state index < -0.39 is 0 Å². The maximum Gasteiger partial charge on any atom is 0.281 e. The van der Waals surface area contributed by atoms with Gasteiger partial charge in [-0.05, 0) is 55.5 Å². The Kier molecular flexibility index (Phi) is 5.21. The van der Waals surface area contributed by atoms with Gasteiger partial charge >= 0.3 is 0 Å². The van der Waals surface area contributed by atoms with Crippen molar-refractivity contribution in [3.63, 3.8) is 0 Å². The second-order valence-corrected chi connectivity index (χ2v) is 8.91. The molecule has 29 heavy (non-hydrogen) atoms. The number of aromatic nitrogens is 2. The average Bonchev–Trinajstić information content (AvgIpc) is 3.35. The first kappa shape index (κ1) is 18.6. The van der Waals surface area contributed by atoms with Crippen LogP contribution in [0.5, 0.6) is 10.9 Å². The van der Waals surface area contributed by atoms with Crippen LogP contribution in [0.3, 0.4) is 0 Å². The van der Waals surface area contributed by atoms with E-state index in [1.807, 2.05) is 24.3 Å². The number of nitrogens with zero attached hydrogens (tertiary/aromatic N) is 4. The molecule has 6 heteroatoms. The minimum atomic E-state index is 0.636. The molecular formula is C23H26N4OS. The third-order valence-electron chi connectivity index (χ3n) is 5.95. The molecule has 0 saturated carbocycles. The number of piperidine rings is 1. The number of pyridine rings is 1. The number of benzene rings is 1. The molecule has 3 aromatic rings. The normalized spacial score (nSPS) is 18.6. The highest BCUT2D eigenvalue weighted by molar-refractivity contribution is 7.20. The number of ether oxygens (including phenoxy) is 1. The molecule has 5 nitrogen and oxygen atoms in total. The number of rotatable bonds is 5. The van der Waals surface area contributed by atoms with E-state index in [1.54, 1.807) is 6.20 Å². The smallest absolute Gasteiger partial charge is 0.281 e. The zero-order valence-electron chi connectivity index (χ0n) is 16.6. The number of fused-ring (bicyclic) bond motifs is 1. The lowest BCUT2D eigenvalue weighted by Gasteiger charge is -2.38. The van der Waals surface area contributed by atoms with E-state index in [0.717, 1.165) is 35.7 Å². The van der Waals surface area contributed by atoms with Crippen molar-refractivity contribution in [3.05, 3.63) is 60.4 Å². The summed E-state index contributed by atoms with van der Waals surface area (Å²) in [6, 6.07) is 13.0. The number of likely N-dealkylation sites (tertiary alicyclic amines) is 2. The first-order chi connectivity index (χ1) is 14.2. The van der Waals surface area contributed by atoms with Gasteiger partial charge in [0.25, 0.3) is 5.19 Å². The van der Waals surface area contributed by atoms with Crippen molar-refractivity contribution in [2.75, 3.05) is 19.6 Å². The van der Waals surface area contributed by atoms with Crippen molar-refractivity contribution in [1.82, 2.24) is 19.8 Å². The third-order valence-corrected chi connectivity index (χ3v) is 6.84. The lowest BCUT2D eigenvalue weighted by Crippen LogP contribution is -2.42. The van der Waals surface area contributed by atoms with E-state index in [2.05, 4.69) is 38.5 Å². The quantitative estimate of drug-likeness (QED) is 0.593. The minimum Gasteiger partial charge on any atom is -0.431 e. The summed E-state index contributed by atoms with van der Waals surface area (Å²) in [6.07, 6.45) is 6.70. The SMILES string of the molecule is C=C1CCCN1C1CCN(Cc2ccc(Oc3nc4ncccc4s3)cc2)CC1. The molecule has 0 radical (unpaired) electrons. The Morgan fingerprint density at radius 3 is 2.66 bits per heavy atom.